The minimum absolute atomic E-state index is 0.0208. The summed E-state index contributed by atoms with van der Waals surface area (Å²) in [7, 11) is 0. The van der Waals surface area contributed by atoms with Crippen molar-refractivity contribution in [2.45, 2.75) is 71.1 Å². The van der Waals surface area contributed by atoms with E-state index in [1.54, 1.807) is 24.0 Å². The molecule has 3 fully saturated rings. The van der Waals surface area contributed by atoms with E-state index < -0.39 is 17.8 Å². The maximum Gasteiger partial charge on any atom is 0.282 e. The van der Waals surface area contributed by atoms with Gasteiger partial charge in [-0.25, -0.2) is 9.37 Å². The predicted molar refractivity (Wildman–Crippen MR) is 188 cm³/mol. The van der Waals surface area contributed by atoms with Crippen LogP contribution in [0.25, 0.3) is 11.1 Å². The summed E-state index contributed by atoms with van der Waals surface area (Å²) in [4.78, 5) is 55.8. The number of fused-ring (bicyclic) bond motifs is 3. The van der Waals surface area contributed by atoms with Gasteiger partial charge in [0.2, 0.25) is 11.6 Å². The molecular weight excluding hydrogens is 642 g/mol. The number of nitrogens with one attached hydrogen (secondary N) is 1. The Morgan fingerprint density at radius 2 is 1.90 bits per heavy atom. The van der Waals surface area contributed by atoms with E-state index in [4.69, 9.17) is 0 Å². The third kappa shape index (κ3) is 5.63. The van der Waals surface area contributed by atoms with Crippen molar-refractivity contribution in [3.05, 3.63) is 64.9 Å². The van der Waals surface area contributed by atoms with E-state index >= 15 is 4.39 Å². The average Bonchev–Trinajstić information content (AvgIpc) is 3.89. The Bertz CT molecular complexity index is 1880. The van der Waals surface area contributed by atoms with E-state index in [0.29, 0.717) is 23.0 Å². The molecule has 1 N–H and O–H groups in total. The number of hydrogen-bond acceptors (Lipinski definition) is 7. The quantitative estimate of drug-likeness (QED) is 0.367. The Kier molecular flexibility index (Phi) is 7.89. The zero-order valence-corrected chi connectivity index (χ0v) is 28.9. The molecule has 5 aliphatic rings. The normalized spacial score (nSPS) is 24.0. The first-order valence-electron chi connectivity index (χ1n) is 17.2. The molecule has 0 saturated carbocycles. The van der Waals surface area contributed by atoms with E-state index in [-0.39, 0.29) is 52.9 Å². The van der Waals surface area contributed by atoms with Crippen LogP contribution < -0.4 is 10.2 Å². The number of nitrogens with zero attached hydrogens (tertiary/aromatic N) is 6. The van der Waals surface area contributed by atoms with Gasteiger partial charge >= 0.3 is 0 Å². The zero-order valence-electron chi connectivity index (χ0n) is 28.1. The molecule has 0 bridgehead atoms. The summed E-state index contributed by atoms with van der Waals surface area (Å²) in [6.07, 6.45) is 7.09. The maximum atomic E-state index is 15.8. The molecule has 3 aromatic rings. The van der Waals surface area contributed by atoms with Crippen LogP contribution in [-0.4, -0.2) is 93.4 Å². The van der Waals surface area contributed by atoms with Gasteiger partial charge in [-0.1, -0.05) is 37.9 Å². The van der Waals surface area contributed by atoms with Gasteiger partial charge in [-0.05, 0) is 66.5 Å². The first kappa shape index (κ1) is 31.8. The summed E-state index contributed by atoms with van der Waals surface area (Å²) in [6.45, 7) is 9.54. The minimum atomic E-state index is -0.991. The van der Waals surface area contributed by atoms with Gasteiger partial charge in [-0.15, -0.1) is 11.3 Å². The molecule has 1 aromatic heterocycles. The number of hydrogen-bond donors (Lipinski definition) is 1. The number of piperazine rings is 1. The molecule has 12 heteroatoms. The molecule has 6 heterocycles. The minimum Gasteiger partial charge on any atom is -0.368 e. The first-order chi connectivity index (χ1) is 23.6. The van der Waals surface area contributed by atoms with Crippen molar-refractivity contribution in [2.75, 3.05) is 36.4 Å². The van der Waals surface area contributed by atoms with Crippen molar-refractivity contribution >= 4 is 51.9 Å². The molecule has 254 valence electrons. The standard InChI is InChI=1S/C37H40FN7O3S/c1-37(2,3)28-11-10-25-19-42(14-15-44(25)35(28)48)24-8-6-22(7-9-24)23-17-26-27(29(38)18-23)20-45(34(26)47)32(33(46)41-36-39-12-16-49-36)31-30-5-4-13-43(30)21-40-31/h6-9,12,16-18,21,25,28,30,32H,4-5,10-11,13-15,19-20H2,1-3H3/p+1. The van der Waals surface area contributed by atoms with Crippen molar-refractivity contribution < 1.29 is 23.3 Å². The van der Waals surface area contributed by atoms with Crippen LogP contribution in [0.4, 0.5) is 15.2 Å². The number of carbonyl (C=O) groups is 3. The van der Waals surface area contributed by atoms with E-state index in [9.17, 15) is 14.4 Å². The van der Waals surface area contributed by atoms with Crippen LogP contribution >= 0.6 is 11.3 Å². The summed E-state index contributed by atoms with van der Waals surface area (Å²) in [6, 6.07) is 10.4. The van der Waals surface area contributed by atoms with E-state index in [0.717, 1.165) is 56.6 Å². The lowest BCUT2D eigenvalue weighted by molar-refractivity contribution is -0.519. The highest BCUT2D eigenvalue weighted by atomic mass is 32.1. The van der Waals surface area contributed by atoms with E-state index in [1.807, 2.05) is 24.3 Å². The van der Waals surface area contributed by atoms with Crippen LogP contribution in [0, 0.1) is 17.2 Å². The van der Waals surface area contributed by atoms with Gasteiger partial charge in [0.15, 0.2) is 17.2 Å². The SMILES string of the molecule is CC(C)(C)C1CCC2CN(c3ccc(-c4cc(F)c5c(c4)C(=O)N(C(C(=O)Nc4nccs4)C4=NC=[N+]6CCCC46)C5)cc3)CCN2C1=O. The van der Waals surface area contributed by atoms with Crippen molar-refractivity contribution in [2.24, 2.45) is 16.3 Å². The van der Waals surface area contributed by atoms with Crippen LogP contribution in [0.2, 0.25) is 0 Å². The van der Waals surface area contributed by atoms with E-state index in [1.165, 1.54) is 22.3 Å². The van der Waals surface area contributed by atoms with Crippen molar-refractivity contribution in [1.29, 1.82) is 0 Å². The fraction of sp³-hybridized carbons (Fsp3) is 0.459. The van der Waals surface area contributed by atoms with Gasteiger partial charge in [0.05, 0.1) is 13.1 Å². The second kappa shape index (κ2) is 12.2. The van der Waals surface area contributed by atoms with Gasteiger partial charge in [0, 0.05) is 60.0 Å². The molecule has 0 radical (unpaired) electrons. The fourth-order valence-electron chi connectivity index (χ4n) is 8.36. The molecule has 3 saturated heterocycles. The summed E-state index contributed by atoms with van der Waals surface area (Å²) < 4.78 is 17.9. The molecule has 8 rings (SSSR count). The van der Waals surface area contributed by atoms with Crippen LogP contribution in [0.5, 0.6) is 0 Å². The Morgan fingerprint density at radius 3 is 2.65 bits per heavy atom. The second-order valence-corrected chi connectivity index (χ2v) is 15.8. The van der Waals surface area contributed by atoms with Gasteiger partial charge in [0.1, 0.15) is 5.82 Å². The molecule has 10 nitrogen and oxygen atoms in total. The number of rotatable bonds is 6. The predicted octanol–water partition coefficient (Wildman–Crippen LogP) is 5.04. The second-order valence-electron chi connectivity index (χ2n) is 14.9. The number of anilines is 2. The number of benzene rings is 2. The van der Waals surface area contributed by atoms with Crippen LogP contribution in [0.15, 0.2) is 53.0 Å². The van der Waals surface area contributed by atoms with Crippen LogP contribution in [0.3, 0.4) is 0 Å². The highest BCUT2D eigenvalue weighted by molar-refractivity contribution is 7.13. The summed E-state index contributed by atoms with van der Waals surface area (Å²) >= 11 is 1.30. The number of piperidine rings is 1. The van der Waals surface area contributed by atoms with Crippen molar-refractivity contribution in [3.8, 4) is 11.1 Å². The molecule has 3 amide bonds. The number of aromatic nitrogens is 1. The zero-order chi connectivity index (χ0) is 34.0. The molecule has 49 heavy (non-hydrogen) atoms. The smallest absolute Gasteiger partial charge is 0.282 e. The lowest BCUT2D eigenvalue weighted by Crippen LogP contribution is -2.60. The summed E-state index contributed by atoms with van der Waals surface area (Å²) in [5, 5.41) is 5.06. The van der Waals surface area contributed by atoms with Crippen molar-refractivity contribution in [1.82, 2.24) is 14.8 Å². The number of halogens is 1. The third-order valence-electron chi connectivity index (χ3n) is 11.0. The van der Waals surface area contributed by atoms with Gasteiger partial charge in [-0.2, -0.15) is 0 Å². The maximum absolute atomic E-state index is 15.8. The van der Waals surface area contributed by atoms with Gasteiger partial charge < -0.3 is 14.7 Å². The monoisotopic (exact) mass is 682 g/mol. The van der Waals surface area contributed by atoms with Crippen LogP contribution in [0.1, 0.15) is 62.4 Å². The number of carbonyl (C=O) groups excluding carboxylic acids is 3. The highest BCUT2D eigenvalue weighted by Crippen LogP contribution is 2.39. The number of aliphatic imine (C=N–C) groups is 1. The Labute approximate surface area is 289 Å². The molecule has 5 aliphatic heterocycles. The molecule has 0 aliphatic carbocycles. The topological polar surface area (TPSA) is 101 Å². The summed E-state index contributed by atoms with van der Waals surface area (Å²) in [5.74, 6) is -0.909. The van der Waals surface area contributed by atoms with Gasteiger partial charge in [0.25, 0.3) is 18.2 Å². The van der Waals surface area contributed by atoms with E-state index in [2.05, 4.69) is 50.4 Å². The lowest BCUT2D eigenvalue weighted by Gasteiger charge is -2.49. The fourth-order valence-corrected chi connectivity index (χ4v) is 8.89. The number of amides is 3. The molecule has 4 atom stereocenters. The van der Waals surface area contributed by atoms with Crippen LogP contribution in [-0.2, 0) is 16.1 Å². The number of thiazole rings is 1. The first-order valence-corrected chi connectivity index (χ1v) is 18.1. The molecule has 2 aromatic carbocycles. The van der Waals surface area contributed by atoms with Crippen molar-refractivity contribution in [3.63, 3.8) is 0 Å². The Morgan fingerprint density at radius 1 is 1.08 bits per heavy atom. The molecule has 0 spiro atoms. The highest BCUT2D eigenvalue weighted by Gasteiger charge is 2.50. The summed E-state index contributed by atoms with van der Waals surface area (Å²) in [5.41, 5.74) is 3.59. The lowest BCUT2D eigenvalue weighted by atomic mass is 9.74. The largest absolute Gasteiger partial charge is 0.368 e. The third-order valence-corrected chi connectivity index (χ3v) is 11.7. The Hall–Kier alpha value is -4.45. The molecular formula is C37H41FN7O3S+. The molecule has 4 unspecified atom stereocenters. The average molecular weight is 683 g/mol. The van der Waals surface area contributed by atoms with Gasteiger partial charge in [-0.3, -0.25) is 24.3 Å². The Balaban J connectivity index is 1.01.